The SMILES string of the molecule is CNC1CCCc2nc(N3CC(C)CC(C)C3C)sc21. The van der Waals surface area contributed by atoms with Crippen molar-refractivity contribution in [2.45, 2.75) is 58.5 Å². The Morgan fingerprint density at radius 3 is 2.85 bits per heavy atom. The van der Waals surface area contributed by atoms with E-state index in [1.807, 2.05) is 11.3 Å². The van der Waals surface area contributed by atoms with Crippen LogP contribution >= 0.6 is 11.3 Å². The molecule has 112 valence electrons. The molecule has 0 amide bonds. The molecule has 0 spiro atoms. The van der Waals surface area contributed by atoms with Gasteiger partial charge in [-0.05, 0) is 51.5 Å². The van der Waals surface area contributed by atoms with Crippen LogP contribution in [-0.2, 0) is 6.42 Å². The lowest BCUT2D eigenvalue weighted by molar-refractivity contribution is 0.296. The molecule has 0 saturated carbocycles. The molecular formula is C16H27N3S. The second-order valence-corrected chi connectivity index (χ2v) is 7.76. The molecule has 3 rings (SSSR count). The predicted molar refractivity (Wildman–Crippen MR) is 86.6 cm³/mol. The smallest absolute Gasteiger partial charge is 0.186 e. The first kappa shape index (κ1) is 14.3. The molecule has 1 aliphatic carbocycles. The maximum absolute atomic E-state index is 5.00. The number of fused-ring (bicyclic) bond motifs is 1. The first-order chi connectivity index (χ1) is 9.60. The van der Waals surface area contributed by atoms with Gasteiger partial charge in [0.1, 0.15) is 0 Å². The summed E-state index contributed by atoms with van der Waals surface area (Å²) in [5.41, 5.74) is 1.36. The number of anilines is 1. The fourth-order valence-corrected chi connectivity index (χ4v) is 5.13. The van der Waals surface area contributed by atoms with Crippen LogP contribution in [-0.4, -0.2) is 24.6 Å². The van der Waals surface area contributed by atoms with Crippen molar-refractivity contribution in [3.63, 3.8) is 0 Å². The minimum atomic E-state index is 0.528. The maximum atomic E-state index is 5.00. The summed E-state index contributed by atoms with van der Waals surface area (Å²) < 4.78 is 0. The summed E-state index contributed by atoms with van der Waals surface area (Å²) in [6.45, 7) is 8.30. The van der Waals surface area contributed by atoms with Gasteiger partial charge in [-0.3, -0.25) is 0 Å². The standard InChI is InChI=1S/C16H27N3S/c1-10-8-11(2)12(3)19(9-10)16-18-14-7-5-6-13(17-4)15(14)20-16/h10-13,17H,5-9H2,1-4H3. The average molecular weight is 293 g/mol. The molecule has 1 aliphatic heterocycles. The van der Waals surface area contributed by atoms with Crippen LogP contribution in [0.1, 0.15) is 56.6 Å². The van der Waals surface area contributed by atoms with Crippen LogP contribution in [0.3, 0.4) is 0 Å². The van der Waals surface area contributed by atoms with E-state index in [0.29, 0.717) is 12.1 Å². The Kier molecular flexibility index (Phi) is 4.04. The third kappa shape index (κ3) is 2.48. The minimum absolute atomic E-state index is 0.528. The van der Waals surface area contributed by atoms with Crippen molar-refractivity contribution in [3.05, 3.63) is 10.6 Å². The highest BCUT2D eigenvalue weighted by atomic mass is 32.1. The molecule has 1 N–H and O–H groups in total. The van der Waals surface area contributed by atoms with Gasteiger partial charge in [0.15, 0.2) is 5.13 Å². The van der Waals surface area contributed by atoms with Crippen LogP contribution in [0.4, 0.5) is 5.13 Å². The molecule has 1 aromatic rings. The van der Waals surface area contributed by atoms with Gasteiger partial charge in [-0.15, -0.1) is 0 Å². The van der Waals surface area contributed by atoms with Crippen molar-refractivity contribution in [1.82, 2.24) is 10.3 Å². The van der Waals surface area contributed by atoms with Gasteiger partial charge in [-0.2, -0.15) is 0 Å². The molecule has 4 atom stereocenters. The summed E-state index contributed by atoms with van der Waals surface area (Å²) in [4.78, 5) is 9.05. The van der Waals surface area contributed by atoms with E-state index in [9.17, 15) is 0 Å². The van der Waals surface area contributed by atoms with Gasteiger partial charge >= 0.3 is 0 Å². The number of nitrogens with one attached hydrogen (secondary N) is 1. The van der Waals surface area contributed by atoms with E-state index in [0.717, 1.165) is 18.3 Å². The van der Waals surface area contributed by atoms with E-state index < -0.39 is 0 Å². The van der Waals surface area contributed by atoms with Gasteiger partial charge in [0, 0.05) is 23.5 Å². The quantitative estimate of drug-likeness (QED) is 0.903. The first-order valence-electron chi connectivity index (χ1n) is 8.03. The van der Waals surface area contributed by atoms with Gasteiger partial charge in [0.2, 0.25) is 0 Å². The van der Waals surface area contributed by atoms with Crippen LogP contribution in [0, 0.1) is 11.8 Å². The fraction of sp³-hybridized carbons (Fsp3) is 0.812. The Bertz CT molecular complexity index is 470. The highest BCUT2D eigenvalue weighted by Crippen LogP contribution is 2.40. The van der Waals surface area contributed by atoms with E-state index in [4.69, 9.17) is 4.98 Å². The molecule has 1 aromatic heterocycles. The van der Waals surface area contributed by atoms with E-state index in [2.05, 4.69) is 38.0 Å². The monoisotopic (exact) mass is 293 g/mol. The van der Waals surface area contributed by atoms with Gasteiger partial charge in [0.05, 0.1) is 5.69 Å². The summed E-state index contributed by atoms with van der Waals surface area (Å²) in [6, 6.07) is 1.15. The lowest BCUT2D eigenvalue weighted by Crippen LogP contribution is -2.45. The summed E-state index contributed by atoms with van der Waals surface area (Å²) in [6.07, 6.45) is 5.04. The zero-order chi connectivity index (χ0) is 14.3. The van der Waals surface area contributed by atoms with E-state index in [1.165, 1.54) is 41.5 Å². The number of aryl methyl sites for hydroxylation is 1. The second kappa shape index (κ2) is 5.64. The van der Waals surface area contributed by atoms with Crippen LogP contribution in [0.15, 0.2) is 0 Å². The number of hydrogen-bond acceptors (Lipinski definition) is 4. The molecular weight excluding hydrogens is 266 g/mol. The van der Waals surface area contributed by atoms with Crippen molar-refractivity contribution in [2.24, 2.45) is 11.8 Å². The summed E-state index contributed by atoms with van der Waals surface area (Å²) >= 11 is 1.93. The zero-order valence-corrected chi connectivity index (χ0v) is 14.0. The second-order valence-electron chi connectivity index (χ2n) is 6.75. The number of thiazole rings is 1. The highest BCUT2D eigenvalue weighted by Gasteiger charge is 2.32. The molecule has 2 heterocycles. The molecule has 4 unspecified atom stereocenters. The third-order valence-electron chi connectivity index (χ3n) is 5.13. The molecule has 0 radical (unpaired) electrons. The van der Waals surface area contributed by atoms with Gasteiger partial charge in [-0.25, -0.2) is 4.98 Å². The third-order valence-corrected chi connectivity index (χ3v) is 6.38. The Labute approximate surface area is 126 Å². The lowest BCUT2D eigenvalue weighted by Gasteiger charge is -2.41. The Morgan fingerprint density at radius 1 is 1.30 bits per heavy atom. The van der Waals surface area contributed by atoms with Gasteiger partial charge < -0.3 is 10.2 Å². The average Bonchev–Trinajstić information content (AvgIpc) is 2.86. The Balaban J connectivity index is 1.89. The summed E-state index contributed by atoms with van der Waals surface area (Å²) in [7, 11) is 2.08. The van der Waals surface area contributed by atoms with E-state index >= 15 is 0 Å². The largest absolute Gasteiger partial charge is 0.345 e. The summed E-state index contributed by atoms with van der Waals surface area (Å²) in [5.74, 6) is 1.54. The zero-order valence-electron chi connectivity index (χ0n) is 13.1. The van der Waals surface area contributed by atoms with Crippen LogP contribution in [0.5, 0.6) is 0 Å². The minimum Gasteiger partial charge on any atom is -0.345 e. The molecule has 2 aliphatic rings. The van der Waals surface area contributed by atoms with Gasteiger partial charge in [0.25, 0.3) is 0 Å². The Hall–Kier alpha value is -0.610. The fourth-order valence-electron chi connectivity index (χ4n) is 3.77. The van der Waals surface area contributed by atoms with Crippen molar-refractivity contribution in [1.29, 1.82) is 0 Å². The number of hydrogen-bond donors (Lipinski definition) is 1. The highest BCUT2D eigenvalue weighted by molar-refractivity contribution is 7.15. The maximum Gasteiger partial charge on any atom is 0.186 e. The molecule has 1 saturated heterocycles. The van der Waals surface area contributed by atoms with Crippen molar-refractivity contribution in [2.75, 3.05) is 18.5 Å². The number of piperidine rings is 1. The predicted octanol–water partition coefficient (Wildman–Crippen LogP) is 3.61. The molecule has 4 heteroatoms. The van der Waals surface area contributed by atoms with Crippen molar-refractivity contribution >= 4 is 16.5 Å². The lowest BCUT2D eigenvalue weighted by atomic mass is 9.86. The molecule has 0 bridgehead atoms. The van der Waals surface area contributed by atoms with Crippen LogP contribution in [0.2, 0.25) is 0 Å². The normalized spacial score (nSPS) is 34.1. The van der Waals surface area contributed by atoms with Crippen LogP contribution in [0.25, 0.3) is 0 Å². The first-order valence-corrected chi connectivity index (χ1v) is 8.85. The van der Waals surface area contributed by atoms with Gasteiger partial charge in [-0.1, -0.05) is 25.2 Å². The van der Waals surface area contributed by atoms with Crippen molar-refractivity contribution < 1.29 is 0 Å². The van der Waals surface area contributed by atoms with E-state index in [-0.39, 0.29) is 0 Å². The molecule has 1 fully saturated rings. The summed E-state index contributed by atoms with van der Waals surface area (Å²) in [5, 5.41) is 4.72. The number of nitrogens with zero attached hydrogens (tertiary/aromatic N) is 2. The molecule has 0 aromatic carbocycles. The molecule has 20 heavy (non-hydrogen) atoms. The number of aromatic nitrogens is 1. The van der Waals surface area contributed by atoms with Crippen LogP contribution < -0.4 is 10.2 Å². The topological polar surface area (TPSA) is 28.2 Å². The van der Waals surface area contributed by atoms with E-state index in [1.54, 1.807) is 0 Å². The Morgan fingerprint density at radius 2 is 2.10 bits per heavy atom. The number of rotatable bonds is 2. The van der Waals surface area contributed by atoms with Crippen molar-refractivity contribution in [3.8, 4) is 0 Å². The molecule has 3 nitrogen and oxygen atoms in total.